The molecule has 4 heteroatoms. The molecule has 0 aromatic heterocycles. The average molecular weight is 310 g/mol. The molecule has 0 aliphatic heterocycles. The normalized spacial score (nSPS) is 28.2. The van der Waals surface area contributed by atoms with Gasteiger partial charge in [-0.2, -0.15) is 0 Å². The van der Waals surface area contributed by atoms with Gasteiger partial charge in [0.05, 0.1) is 0 Å². The van der Waals surface area contributed by atoms with E-state index in [2.05, 4.69) is 5.32 Å². The van der Waals surface area contributed by atoms with Crippen LogP contribution in [0, 0.1) is 11.8 Å². The second-order valence-corrected chi connectivity index (χ2v) is 6.63. The van der Waals surface area contributed by atoms with Crippen molar-refractivity contribution in [1.29, 1.82) is 0 Å². The second kappa shape index (κ2) is 5.79. The number of benzene rings is 1. The number of carbonyl (C=O) groups excluding carboxylic acids is 1. The van der Waals surface area contributed by atoms with Crippen LogP contribution >= 0.6 is 23.2 Å². The number of halogens is 2. The Hall–Kier alpha value is -0.990. The van der Waals surface area contributed by atoms with Crippen molar-refractivity contribution in [2.75, 3.05) is 0 Å². The first-order chi connectivity index (χ1) is 9.61. The van der Waals surface area contributed by atoms with Crippen molar-refractivity contribution >= 4 is 35.2 Å². The lowest BCUT2D eigenvalue weighted by molar-refractivity contribution is -0.117. The molecule has 20 heavy (non-hydrogen) atoms. The van der Waals surface area contributed by atoms with Crippen LogP contribution in [0.4, 0.5) is 0 Å². The van der Waals surface area contributed by atoms with Gasteiger partial charge in [0.2, 0.25) is 5.91 Å². The van der Waals surface area contributed by atoms with Gasteiger partial charge in [0.25, 0.3) is 0 Å². The van der Waals surface area contributed by atoms with Crippen molar-refractivity contribution in [3.63, 3.8) is 0 Å². The summed E-state index contributed by atoms with van der Waals surface area (Å²) in [6.45, 7) is 0. The lowest BCUT2D eigenvalue weighted by atomic mass is 9.95. The molecule has 0 radical (unpaired) electrons. The lowest BCUT2D eigenvalue weighted by Crippen LogP contribution is -2.37. The molecular weight excluding hydrogens is 293 g/mol. The molecule has 2 aliphatic carbocycles. The van der Waals surface area contributed by atoms with Crippen molar-refractivity contribution in [1.82, 2.24) is 5.32 Å². The Morgan fingerprint density at radius 3 is 2.75 bits per heavy atom. The largest absolute Gasteiger partial charge is 0.350 e. The molecule has 1 N–H and O–H groups in total. The first-order valence-corrected chi connectivity index (χ1v) is 7.81. The summed E-state index contributed by atoms with van der Waals surface area (Å²) < 4.78 is 0. The highest BCUT2D eigenvalue weighted by Gasteiger charge is 2.39. The predicted molar refractivity (Wildman–Crippen MR) is 82.9 cm³/mol. The van der Waals surface area contributed by atoms with E-state index in [9.17, 15) is 4.79 Å². The Labute approximate surface area is 129 Å². The summed E-state index contributed by atoms with van der Waals surface area (Å²) >= 11 is 11.9. The van der Waals surface area contributed by atoms with Gasteiger partial charge in [-0.15, -0.1) is 0 Å². The van der Waals surface area contributed by atoms with E-state index in [-0.39, 0.29) is 5.91 Å². The smallest absolute Gasteiger partial charge is 0.244 e. The van der Waals surface area contributed by atoms with Crippen molar-refractivity contribution in [3.8, 4) is 0 Å². The Bertz CT molecular complexity index is 555. The third-order valence-corrected chi connectivity index (χ3v) is 5.00. The molecule has 2 aliphatic rings. The monoisotopic (exact) mass is 309 g/mol. The van der Waals surface area contributed by atoms with Crippen LogP contribution in [0.25, 0.3) is 6.08 Å². The average Bonchev–Trinajstić information content (AvgIpc) is 3.00. The van der Waals surface area contributed by atoms with Gasteiger partial charge in [-0.1, -0.05) is 35.7 Å². The van der Waals surface area contributed by atoms with Gasteiger partial charge in [0, 0.05) is 22.2 Å². The summed E-state index contributed by atoms with van der Waals surface area (Å²) in [7, 11) is 0. The van der Waals surface area contributed by atoms with Gasteiger partial charge in [-0.05, 0) is 54.9 Å². The van der Waals surface area contributed by atoms with Crippen molar-refractivity contribution in [2.45, 2.75) is 31.7 Å². The zero-order chi connectivity index (χ0) is 14.1. The van der Waals surface area contributed by atoms with Crippen LogP contribution in [-0.4, -0.2) is 11.9 Å². The molecule has 0 heterocycles. The number of carbonyl (C=O) groups is 1. The molecule has 2 nitrogen and oxygen atoms in total. The molecule has 3 atom stereocenters. The fourth-order valence-electron chi connectivity index (χ4n) is 3.45. The minimum absolute atomic E-state index is 0.0337. The molecule has 0 saturated heterocycles. The van der Waals surface area contributed by atoms with E-state index in [1.54, 1.807) is 24.3 Å². The Kier molecular flexibility index (Phi) is 4.04. The standard InChI is InChI=1S/C16H17Cl2NO/c17-13-5-3-11(14(18)9-13)4-6-16(20)19-15-8-10-1-2-12(15)7-10/h3-6,9-10,12,15H,1-2,7-8H2,(H,19,20)/b6-4+. The molecule has 0 spiro atoms. The summed E-state index contributed by atoms with van der Waals surface area (Å²) in [5.41, 5.74) is 0.805. The SMILES string of the molecule is O=C(/C=C/c1ccc(Cl)cc1Cl)NC1CC2CCC1C2. The minimum atomic E-state index is -0.0337. The predicted octanol–water partition coefficient (Wildman–Crippen LogP) is 4.31. The van der Waals surface area contributed by atoms with Gasteiger partial charge in [0.1, 0.15) is 0 Å². The van der Waals surface area contributed by atoms with Gasteiger partial charge >= 0.3 is 0 Å². The highest BCUT2D eigenvalue weighted by atomic mass is 35.5. The summed E-state index contributed by atoms with van der Waals surface area (Å²) in [6, 6.07) is 5.62. The maximum Gasteiger partial charge on any atom is 0.244 e. The summed E-state index contributed by atoms with van der Waals surface area (Å²) in [5, 5.41) is 4.27. The van der Waals surface area contributed by atoms with E-state index in [1.807, 2.05) is 6.07 Å². The summed E-state index contributed by atoms with van der Waals surface area (Å²) in [5.74, 6) is 1.49. The highest BCUT2D eigenvalue weighted by molar-refractivity contribution is 6.35. The number of fused-ring (bicyclic) bond motifs is 2. The quantitative estimate of drug-likeness (QED) is 0.828. The van der Waals surface area contributed by atoms with E-state index >= 15 is 0 Å². The van der Waals surface area contributed by atoms with Crippen LogP contribution in [0.3, 0.4) is 0 Å². The summed E-state index contributed by atoms with van der Waals surface area (Å²) in [6.07, 6.45) is 8.33. The number of rotatable bonds is 3. The molecule has 2 fully saturated rings. The van der Waals surface area contributed by atoms with Crippen molar-refractivity contribution < 1.29 is 4.79 Å². The van der Waals surface area contributed by atoms with Crippen molar-refractivity contribution in [2.24, 2.45) is 11.8 Å². The Morgan fingerprint density at radius 1 is 1.25 bits per heavy atom. The van der Waals surface area contributed by atoms with Gasteiger partial charge in [-0.25, -0.2) is 0 Å². The molecule has 1 amide bonds. The van der Waals surface area contributed by atoms with Crippen LogP contribution in [0.15, 0.2) is 24.3 Å². The highest BCUT2D eigenvalue weighted by Crippen LogP contribution is 2.44. The molecule has 2 saturated carbocycles. The Balaban J connectivity index is 1.59. The molecule has 3 rings (SSSR count). The van der Waals surface area contributed by atoms with Crippen LogP contribution in [0.5, 0.6) is 0 Å². The van der Waals surface area contributed by atoms with Crippen LogP contribution < -0.4 is 5.32 Å². The van der Waals surface area contributed by atoms with Gasteiger partial charge in [0.15, 0.2) is 0 Å². The molecule has 1 aromatic carbocycles. The van der Waals surface area contributed by atoms with Crippen LogP contribution in [0.2, 0.25) is 10.0 Å². The van der Waals surface area contributed by atoms with Gasteiger partial charge < -0.3 is 5.32 Å². The zero-order valence-corrected chi connectivity index (χ0v) is 12.6. The fourth-order valence-corrected chi connectivity index (χ4v) is 3.93. The van der Waals surface area contributed by atoms with E-state index < -0.39 is 0 Å². The number of hydrogen-bond donors (Lipinski definition) is 1. The molecular formula is C16H17Cl2NO. The maximum atomic E-state index is 12.0. The maximum absolute atomic E-state index is 12.0. The second-order valence-electron chi connectivity index (χ2n) is 5.79. The van der Waals surface area contributed by atoms with E-state index in [4.69, 9.17) is 23.2 Å². The fraction of sp³-hybridized carbons (Fsp3) is 0.438. The topological polar surface area (TPSA) is 29.1 Å². The Morgan fingerprint density at radius 2 is 2.10 bits per heavy atom. The van der Waals surface area contributed by atoms with Gasteiger partial charge in [-0.3, -0.25) is 4.79 Å². The third-order valence-electron chi connectivity index (χ3n) is 4.44. The number of nitrogens with one attached hydrogen (secondary N) is 1. The van der Waals surface area contributed by atoms with Crippen LogP contribution in [-0.2, 0) is 4.79 Å². The summed E-state index contributed by atoms with van der Waals surface area (Å²) in [4.78, 5) is 12.0. The van der Waals surface area contributed by atoms with Crippen molar-refractivity contribution in [3.05, 3.63) is 39.9 Å². The van der Waals surface area contributed by atoms with E-state index in [1.165, 1.54) is 19.3 Å². The molecule has 106 valence electrons. The molecule has 3 unspecified atom stereocenters. The number of hydrogen-bond acceptors (Lipinski definition) is 1. The molecule has 1 aromatic rings. The number of amides is 1. The third kappa shape index (κ3) is 3.02. The van der Waals surface area contributed by atoms with E-state index in [0.29, 0.717) is 22.0 Å². The van der Waals surface area contributed by atoms with E-state index in [0.717, 1.165) is 17.9 Å². The lowest BCUT2D eigenvalue weighted by Gasteiger charge is -2.22. The minimum Gasteiger partial charge on any atom is -0.350 e. The van der Waals surface area contributed by atoms with Crippen LogP contribution in [0.1, 0.15) is 31.2 Å². The first kappa shape index (κ1) is 14.0. The first-order valence-electron chi connectivity index (χ1n) is 7.05. The zero-order valence-electron chi connectivity index (χ0n) is 11.1. The molecule has 2 bridgehead atoms.